The van der Waals surface area contributed by atoms with E-state index in [-0.39, 0.29) is 0 Å². The third-order valence-electron chi connectivity index (χ3n) is 2.15. The van der Waals surface area contributed by atoms with Crippen LogP contribution in [0.15, 0.2) is 10.9 Å². The molecule has 1 N–H and O–H groups in total. The molecule has 0 atom stereocenters. The molecule has 1 heterocycles. The maximum absolute atomic E-state index is 12.5. The molecule has 0 unspecified atom stereocenters. The molecular weight excluding hydrogens is 243 g/mol. The summed E-state index contributed by atoms with van der Waals surface area (Å²) >= 11 is 0. The maximum Gasteiger partial charge on any atom is 0.431 e. The van der Waals surface area contributed by atoms with Crippen molar-refractivity contribution >= 4 is 11.4 Å². The fraction of sp³-hybridized carbons (Fsp3) is 0.375. The van der Waals surface area contributed by atoms with Crippen LogP contribution in [-0.2, 0) is 13.2 Å². The number of nitrogens with zero attached hydrogens (tertiary/aromatic N) is 2. The van der Waals surface area contributed by atoms with Crippen molar-refractivity contribution in [2.75, 3.05) is 12.4 Å². The number of hydrogen-bond acceptors (Lipinski definition) is 4. The quantitative estimate of drug-likeness (QED) is 0.635. The molecule has 0 saturated heterocycles. The first kappa shape index (κ1) is 13.0. The third kappa shape index (κ3) is 2.22. The van der Waals surface area contributed by atoms with Crippen LogP contribution >= 0.6 is 0 Å². The molecule has 0 fully saturated rings. The second kappa shape index (κ2) is 4.07. The molecule has 1 aromatic heterocycles. The standard InChI is InChI=1S/C8H8F3N3O3/c1-12-6-4(14(16)17)3-5(8(9,10)11)13(2)7(6)15/h3,12H,1-2H3. The van der Waals surface area contributed by atoms with Crippen molar-refractivity contribution in [3.05, 3.63) is 32.2 Å². The van der Waals surface area contributed by atoms with E-state index in [1.165, 1.54) is 7.05 Å². The summed E-state index contributed by atoms with van der Waals surface area (Å²) in [6.45, 7) is 0. The van der Waals surface area contributed by atoms with E-state index in [1.807, 2.05) is 0 Å². The zero-order valence-electron chi connectivity index (χ0n) is 8.83. The number of nitro groups is 1. The van der Waals surface area contributed by atoms with E-state index in [2.05, 4.69) is 5.32 Å². The molecule has 0 aromatic carbocycles. The molecule has 0 spiro atoms. The minimum atomic E-state index is -4.83. The summed E-state index contributed by atoms with van der Waals surface area (Å²) < 4.78 is 37.8. The van der Waals surface area contributed by atoms with Gasteiger partial charge < -0.3 is 9.88 Å². The van der Waals surface area contributed by atoms with Gasteiger partial charge in [-0.2, -0.15) is 13.2 Å². The first-order valence-corrected chi connectivity index (χ1v) is 4.33. The normalized spacial score (nSPS) is 11.4. The van der Waals surface area contributed by atoms with E-state index in [4.69, 9.17) is 0 Å². The molecule has 0 bridgehead atoms. The van der Waals surface area contributed by atoms with Gasteiger partial charge >= 0.3 is 6.18 Å². The first-order chi connectivity index (χ1) is 7.70. The predicted octanol–water partition coefficient (Wildman–Crippen LogP) is 1.35. The van der Waals surface area contributed by atoms with Gasteiger partial charge in [0.15, 0.2) is 5.69 Å². The summed E-state index contributed by atoms with van der Waals surface area (Å²) in [6.07, 6.45) is -4.83. The van der Waals surface area contributed by atoms with Gasteiger partial charge in [0.1, 0.15) is 5.69 Å². The number of nitrogens with one attached hydrogen (secondary N) is 1. The maximum atomic E-state index is 12.5. The highest BCUT2D eigenvalue weighted by Crippen LogP contribution is 2.32. The number of aromatic nitrogens is 1. The van der Waals surface area contributed by atoms with Gasteiger partial charge in [0.25, 0.3) is 11.2 Å². The minimum Gasteiger partial charge on any atom is -0.378 e. The summed E-state index contributed by atoms with van der Waals surface area (Å²) in [5.41, 5.74) is -3.85. The van der Waals surface area contributed by atoms with Crippen molar-refractivity contribution in [1.29, 1.82) is 0 Å². The van der Waals surface area contributed by atoms with Crippen molar-refractivity contribution in [3.63, 3.8) is 0 Å². The summed E-state index contributed by atoms with van der Waals surface area (Å²) in [4.78, 5) is 21.0. The van der Waals surface area contributed by atoms with Gasteiger partial charge in [0, 0.05) is 20.2 Å². The van der Waals surface area contributed by atoms with Crippen LogP contribution in [0.5, 0.6) is 0 Å². The molecular formula is C8H8F3N3O3. The van der Waals surface area contributed by atoms with E-state index in [0.29, 0.717) is 10.6 Å². The van der Waals surface area contributed by atoms with Crippen LogP contribution < -0.4 is 10.9 Å². The van der Waals surface area contributed by atoms with E-state index in [1.54, 1.807) is 0 Å². The van der Waals surface area contributed by atoms with Crippen LogP contribution in [0.1, 0.15) is 5.69 Å². The lowest BCUT2D eigenvalue weighted by Crippen LogP contribution is -2.28. The highest BCUT2D eigenvalue weighted by atomic mass is 19.4. The molecule has 9 heteroatoms. The third-order valence-corrected chi connectivity index (χ3v) is 2.15. The number of alkyl halides is 3. The molecule has 17 heavy (non-hydrogen) atoms. The van der Waals surface area contributed by atoms with Crippen LogP contribution in [0.2, 0.25) is 0 Å². The van der Waals surface area contributed by atoms with E-state index < -0.39 is 33.7 Å². The lowest BCUT2D eigenvalue weighted by molar-refractivity contribution is -0.384. The van der Waals surface area contributed by atoms with Crippen LogP contribution in [0.4, 0.5) is 24.5 Å². The predicted molar refractivity (Wildman–Crippen MR) is 52.9 cm³/mol. The van der Waals surface area contributed by atoms with E-state index in [0.717, 1.165) is 7.05 Å². The highest BCUT2D eigenvalue weighted by molar-refractivity contribution is 5.60. The van der Waals surface area contributed by atoms with Gasteiger partial charge in [0.05, 0.1) is 4.92 Å². The van der Waals surface area contributed by atoms with Crippen molar-refractivity contribution in [3.8, 4) is 0 Å². The van der Waals surface area contributed by atoms with Gasteiger partial charge in [0.2, 0.25) is 0 Å². The summed E-state index contributed by atoms with van der Waals surface area (Å²) in [5.74, 6) is 0. The van der Waals surface area contributed by atoms with Crippen molar-refractivity contribution in [1.82, 2.24) is 4.57 Å². The Morgan fingerprint density at radius 3 is 2.35 bits per heavy atom. The Kier molecular flexibility index (Phi) is 3.12. The number of halogens is 3. The molecule has 1 rings (SSSR count). The van der Waals surface area contributed by atoms with Crippen LogP contribution in [0.3, 0.4) is 0 Å². The summed E-state index contributed by atoms with van der Waals surface area (Å²) in [5, 5.41) is 12.8. The number of rotatable bonds is 2. The molecule has 0 aliphatic carbocycles. The van der Waals surface area contributed by atoms with Gasteiger partial charge in [-0.15, -0.1) is 0 Å². The second-order valence-corrected chi connectivity index (χ2v) is 3.16. The molecule has 0 amide bonds. The Hall–Kier alpha value is -2.06. The zero-order valence-corrected chi connectivity index (χ0v) is 8.83. The Labute approximate surface area is 92.8 Å². The summed E-state index contributed by atoms with van der Waals surface area (Å²) in [7, 11) is 2.12. The smallest absolute Gasteiger partial charge is 0.378 e. The van der Waals surface area contributed by atoms with Crippen molar-refractivity contribution in [2.24, 2.45) is 7.05 Å². The molecule has 94 valence electrons. The monoisotopic (exact) mass is 251 g/mol. The van der Waals surface area contributed by atoms with Gasteiger partial charge in [-0.1, -0.05) is 0 Å². The molecule has 0 aliphatic rings. The fourth-order valence-electron chi connectivity index (χ4n) is 1.34. The number of anilines is 1. The number of pyridine rings is 1. The van der Waals surface area contributed by atoms with Crippen LogP contribution in [0, 0.1) is 10.1 Å². The minimum absolute atomic E-state index is 0.318. The highest BCUT2D eigenvalue weighted by Gasteiger charge is 2.37. The lowest BCUT2D eigenvalue weighted by atomic mass is 10.2. The Balaban J connectivity index is 3.70. The SMILES string of the molecule is CNc1c([N+](=O)[O-])cc(C(F)(F)F)n(C)c1=O. The molecule has 6 nitrogen and oxygen atoms in total. The van der Waals surface area contributed by atoms with E-state index >= 15 is 0 Å². The molecule has 0 saturated carbocycles. The van der Waals surface area contributed by atoms with Gasteiger partial charge in [-0.25, -0.2) is 0 Å². The largest absolute Gasteiger partial charge is 0.431 e. The van der Waals surface area contributed by atoms with Gasteiger partial charge in [-0.3, -0.25) is 14.9 Å². The Bertz CT molecular complexity index is 521. The number of hydrogen-bond donors (Lipinski definition) is 1. The lowest BCUT2D eigenvalue weighted by Gasteiger charge is -2.13. The van der Waals surface area contributed by atoms with Crippen LogP contribution in [-0.4, -0.2) is 16.5 Å². The molecule has 0 radical (unpaired) electrons. The molecule has 0 aliphatic heterocycles. The average Bonchev–Trinajstić information content (AvgIpc) is 2.19. The Morgan fingerprint density at radius 2 is 2.00 bits per heavy atom. The fourth-order valence-corrected chi connectivity index (χ4v) is 1.34. The first-order valence-electron chi connectivity index (χ1n) is 4.33. The van der Waals surface area contributed by atoms with E-state index in [9.17, 15) is 28.1 Å². The zero-order chi connectivity index (χ0) is 13.4. The summed E-state index contributed by atoms with van der Waals surface area (Å²) in [6, 6.07) is 0.327. The average molecular weight is 251 g/mol. The van der Waals surface area contributed by atoms with Crippen molar-refractivity contribution in [2.45, 2.75) is 6.18 Å². The van der Waals surface area contributed by atoms with Gasteiger partial charge in [-0.05, 0) is 0 Å². The topological polar surface area (TPSA) is 77.2 Å². The Morgan fingerprint density at radius 1 is 1.47 bits per heavy atom. The molecule has 1 aromatic rings. The van der Waals surface area contributed by atoms with Crippen LogP contribution in [0.25, 0.3) is 0 Å². The second-order valence-electron chi connectivity index (χ2n) is 3.16. The van der Waals surface area contributed by atoms with Crippen molar-refractivity contribution < 1.29 is 18.1 Å².